The summed E-state index contributed by atoms with van der Waals surface area (Å²) in [6.07, 6.45) is 0.175. The number of fused-ring (bicyclic) bond motifs is 1. The van der Waals surface area contributed by atoms with Gasteiger partial charge in [-0.15, -0.1) is 0 Å². The number of nitriles is 1. The van der Waals surface area contributed by atoms with Crippen molar-refractivity contribution in [3.63, 3.8) is 0 Å². The minimum atomic E-state index is -0.769. The second-order valence-electron chi connectivity index (χ2n) is 5.15. The van der Waals surface area contributed by atoms with E-state index >= 15 is 0 Å². The number of carbonyl (C=O) groups is 1. The van der Waals surface area contributed by atoms with Gasteiger partial charge in [-0.3, -0.25) is 4.90 Å². The molecule has 0 radical (unpaired) electrons. The Balaban J connectivity index is 1.77. The summed E-state index contributed by atoms with van der Waals surface area (Å²) in [7, 11) is 1.58. The Morgan fingerprint density at radius 1 is 1.22 bits per heavy atom. The molecule has 1 unspecified atom stereocenters. The number of rotatable bonds is 2. The predicted molar refractivity (Wildman–Crippen MR) is 85.4 cm³/mol. The summed E-state index contributed by atoms with van der Waals surface area (Å²) in [4.78, 5) is 13.6. The quantitative estimate of drug-likeness (QED) is 0.924. The highest BCUT2D eigenvalue weighted by Gasteiger charge is 2.25. The largest absolute Gasteiger partial charge is 0.419 e. The molecule has 2 aromatic carbocycles. The molecule has 1 N–H and O–H groups in total. The molecule has 1 aliphatic carbocycles. The fourth-order valence-electron chi connectivity index (χ4n) is 2.42. The monoisotopic (exact) mass is 306 g/mol. The summed E-state index contributed by atoms with van der Waals surface area (Å²) in [5.74, 6) is 0.346. The van der Waals surface area contributed by atoms with Crippen molar-refractivity contribution in [2.45, 2.75) is 6.10 Å². The summed E-state index contributed by atoms with van der Waals surface area (Å²) in [6.45, 7) is 0. The minimum Gasteiger partial charge on any atom is -0.410 e. The van der Waals surface area contributed by atoms with Gasteiger partial charge in [-0.1, -0.05) is 24.3 Å². The number of ether oxygens (including phenoxy) is 1. The molecule has 0 fully saturated rings. The summed E-state index contributed by atoms with van der Waals surface area (Å²) < 4.78 is 5.40. The molecule has 0 aromatic heterocycles. The molecule has 5 heteroatoms. The lowest BCUT2D eigenvalue weighted by atomic mass is 10.1. The maximum atomic E-state index is 12.3. The molecule has 1 atom stereocenters. The molecule has 23 heavy (non-hydrogen) atoms. The van der Waals surface area contributed by atoms with Gasteiger partial charge in [-0.05, 0) is 35.9 Å². The lowest BCUT2D eigenvalue weighted by molar-refractivity contribution is 0.200. The van der Waals surface area contributed by atoms with E-state index < -0.39 is 12.2 Å². The third-order valence-electron chi connectivity index (χ3n) is 3.71. The molecular weight excluding hydrogens is 292 g/mol. The van der Waals surface area contributed by atoms with E-state index in [-0.39, 0.29) is 0 Å². The first kappa shape index (κ1) is 14.8. The molecule has 1 amide bonds. The van der Waals surface area contributed by atoms with E-state index in [9.17, 15) is 9.90 Å². The second kappa shape index (κ2) is 5.95. The lowest BCUT2D eigenvalue weighted by Crippen LogP contribution is -2.26. The van der Waals surface area contributed by atoms with Crippen molar-refractivity contribution in [1.82, 2.24) is 0 Å². The van der Waals surface area contributed by atoms with E-state index in [0.717, 1.165) is 5.56 Å². The first-order valence-corrected chi connectivity index (χ1v) is 7.05. The standard InChI is InChI=1S/C18H14N2O3/c1-20(13-8-6-12(11-19)7-9-13)18(22)23-17-10-16(21)14-4-2-3-5-15(14)17/h2-10,16,21H,1H3. The van der Waals surface area contributed by atoms with E-state index in [1.54, 1.807) is 43.4 Å². The fraction of sp³-hybridized carbons (Fsp3) is 0.111. The van der Waals surface area contributed by atoms with Gasteiger partial charge in [0, 0.05) is 18.3 Å². The van der Waals surface area contributed by atoms with Crippen LogP contribution in [0, 0.1) is 11.3 Å². The Kier molecular flexibility index (Phi) is 3.83. The van der Waals surface area contributed by atoms with Crippen LogP contribution in [0.4, 0.5) is 10.5 Å². The lowest BCUT2D eigenvalue weighted by Gasteiger charge is -2.17. The van der Waals surface area contributed by atoms with E-state index in [1.165, 1.54) is 11.0 Å². The third kappa shape index (κ3) is 2.80. The van der Waals surface area contributed by atoms with Gasteiger partial charge in [0.2, 0.25) is 0 Å². The highest BCUT2D eigenvalue weighted by molar-refractivity contribution is 5.91. The van der Waals surface area contributed by atoms with Gasteiger partial charge >= 0.3 is 6.09 Å². The van der Waals surface area contributed by atoms with Crippen molar-refractivity contribution in [3.05, 3.63) is 71.3 Å². The number of hydrogen-bond acceptors (Lipinski definition) is 4. The molecule has 2 aromatic rings. The number of benzene rings is 2. The Hall–Kier alpha value is -3.10. The van der Waals surface area contributed by atoms with E-state index in [4.69, 9.17) is 10.00 Å². The van der Waals surface area contributed by atoms with Gasteiger partial charge in [-0.25, -0.2) is 4.79 Å². The smallest absolute Gasteiger partial charge is 0.410 e. The van der Waals surface area contributed by atoms with Crippen LogP contribution in [-0.2, 0) is 4.74 Å². The van der Waals surface area contributed by atoms with Crippen LogP contribution in [0.15, 0.2) is 54.6 Å². The van der Waals surface area contributed by atoms with E-state index in [2.05, 4.69) is 0 Å². The molecule has 0 aliphatic heterocycles. The van der Waals surface area contributed by atoms with Crippen molar-refractivity contribution in [2.24, 2.45) is 0 Å². The van der Waals surface area contributed by atoms with Gasteiger partial charge in [0.1, 0.15) is 11.9 Å². The Morgan fingerprint density at radius 3 is 2.61 bits per heavy atom. The van der Waals surface area contributed by atoms with Gasteiger partial charge in [0.25, 0.3) is 0 Å². The number of hydrogen-bond donors (Lipinski definition) is 1. The van der Waals surface area contributed by atoms with Crippen LogP contribution in [-0.4, -0.2) is 18.2 Å². The van der Waals surface area contributed by atoms with Gasteiger partial charge in [0.05, 0.1) is 11.6 Å². The molecule has 3 rings (SSSR count). The van der Waals surface area contributed by atoms with E-state index in [0.29, 0.717) is 22.6 Å². The van der Waals surface area contributed by atoms with Crippen molar-refractivity contribution < 1.29 is 14.6 Å². The summed E-state index contributed by atoms with van der Waals surface area (Å²) >= 11 is 0. The SMILES string of the molecule is CN(C(=O)OC1=CC(O)c2ccccc21)c1ccc(C#N)cc1. The van der Waals surface area contributed by atoms with Crippen molar-refractivity contribution >= 4 is 17.5 Å². The fourth-order valence-corrected chi connectivity index (χ4v) is 2.42. The summed E-state index contributed by atoms with van der Waals surface area (Å²) in [5, 5.41) is 18.8. The molecule has 0 bridgehead atoms. The number of aliphatic hydroxyl groups is 1. The Labute approximate surface area is 133 Å². The zero-order chi connectivity index (χ0) is 16.4. The van der Waals surface area contributed by atoms with Gasteiger partial charge < -0.3 is 9.84 Å². The minimum absolute atomic E-state index is 0.346. The average molecular weight is 306 g/mol. The molecule has 1 aliphatic rings. The van der Waals surface area contributed by atoms with Crippen LogP contribution < -0.4 is 4.90 Å². The number of anilines is 1. The first-order valence-electron chi connectivity index (χ1n) is 7.05. The van der Waals surface area contributed by atoms with Crippen molar-refractivity contribution in [2.75, 3.05) is 11.9 Å². The zero-order valence-electron chi connectivity index (χ0n) is 12.4. The van der Waals surface area contributed by atoms with E-state index in [1.807, 2.05) is 18.2 Å². The van der Waals surface area contributed by atoms with Crippen LogP contribution in [0.3, 0.4) is 0 Å². The number of carbonyl (C=O) groups excluding carboxylic acids is 1. The predicted octanol–water partition coefficient (Wildman–Crippen LogP) is 3.22. The summed E-state index contributed by atoms with van der Waals surface area (Å²) in [5.41, 5.74) is 2.56. The summed E-state index contributed by atoms with van der Waals surface area (Å²) in [6, 6.07) is 15.9. The zero-order valence-corrected chi connectivity index (χ0v) is 12.4. The molecule has 0 heterocycles. The maximum Gasteiger partial charge on any atom is 0.419 e. The average Bonchev–Trinajstić information content (AvgIpc) is 2.90. The van der Waals surface area contributed by atoms with Crippen LogP contribution in [0.5, 0.6) is 0 Å². The molecular formula is C18H14N2O3. The number of aliphatic hydroxyl groups excluding tert-OH is 1. The molecule has 0 saturated carbocycles. The normalized spacial score (nSPS) is 15.3. The van der Waals surface area contributed by atoms with Gasteiger partial charge in [-0.2, -0.15) is 5.26 Å². The third-order valence-corrected chi connectivity index (χ3v) is 3.71. The first-order chi connectivity index (χ1) is 11.1. The van der Waals surface area contributed by atoms with Crippen LogP contribution in [0.25, 0.3) is 5.76 Å². The number of amides is 1. The molecule has 114 valence electrons. The Morgan fingerprint density at radius 2 is 1.91 bits per heavy atom. The number of nitrogens with zero attached hydrogens (tertiary/aromatic N) is 2. The molecule has 5 nitrogen and oxygen atoms in total. The van der Waals surface area contributed by atoms with Gasteiger partial charge in [0.15, 0.2) is 0 Å². The molecule has 0 saturated heterocycles. The van der Waals surface area contributed by atoms with Crippen LogP contribution in [0.1, 0.15) is 22.8 Å². The Bertz CT molecular complexity index is 819. The second-order valence-corrected chi connectivity index (χ2v) is 5.15. The highest BCUT2D eigenvalue weighted by atomic mass is 16.6. The topological polar surface area (TPSA) is 73.6 Å². The highest BCUT2D eigenvalue weighted by Crippen LogP contribution is 2.35. The molecule has 0 spiro atoms. The van der Waals surface area contributed by atoms with Crippen LogP contribution >= 0.6 is 0 Å². The van der Waals surface area contributed by atoms with Crippen molar-refractivity contribution in [1.29, 1.82) is 5.26 Å². The maximum absolute atomic E-state index is 12.3. The van der Waals surface area contributed by atoms with Crippen LogP contribution in [0.2, 0.25) is 0 Å². The van der Waals surface area contributed by atoms with Crippen molar-refractivity contribution in [3.8, 4) is 6.07 Å².